The summed E-state index contributed by atoms with van der Waals surface area (Å²) in [6.45, 7) is 4.22. The summed E-state index contributed by atoms with van der Waals surface area (Å²) in [5.74, 6) is -0.0607. The van der Waals surface area contributed by atoms with Gasteiger partial charge < -0.3 is 15.0 Å². The highest BCUT2D eigenvalue weighted by Gasteiger charge is 2.27. The van der Waals surface area contributed by atoms with Crippen molar-refractivity contribution in [3.63, 3.8) is 0 Å². The number of rotatable bonds is 3. The Morgan fingerprint density at radius 1 is 1.44 bits per heavy atom. The summed E-state index contributed by atoms with van der Waals surface area (Å²) in [5.41, 5.74) is 3.38. The number of fused-ring (bicyclic) bond motifs is 1. The van der Waals surface area contributed by atoms with Gasteiger partial charge in [-0.25, -0.2) is 0 Å². The van der Waals surface area contributed by atoms with Crippen molar-refractivity contribution in [1.82, 2.24) is 14.7 Å². The summed E-state index contributed by atoms with van der Waals surface area (Å²) in [6.07, 6.45) is 4.08. The molecule has 1 aromatic heterocycles. The van der Waals surface area contributed by atoms with Crippen LogP contribution in [-0.2, 0) is 22.5 Å². The van der Waals surface area contributed by atoms with Crippen LogP contribution in [0.2, 0.25) is 0 Å². The summed E-state index contributed by atoms with van der Waals surface area (Å²) in [4.78, 5) is 26.1. The Hall–Kier alpha value is -2.67. The monoisotopic (exact) mass is 340 g/mol. The summed E-state index contributed by atoms with van der Waals surface area (Å²) < 4.78 is 7.63. The molecule has 7 nitrogen and oxygen atoms in total. The summed E-state index contributed by atoms with van der Waals surface area (Å²) >= 11 is 0. The largest absolute Gasteiger partial charge is 0.373 e. The second-order valence-corrected chi connectivity index (χ2v) is 6.58. The molecule has 1 N–H and O–H groups in total. The zero-order valence-electron chi connectivity index (χ0n) is 14.1. The van der Waals surface area contributed by atoms with Gasteiger partial charge in [-0.3, -0.25) is 14.3 Å². The van der Waals surface area contributed by atoms with E-state index >= 15 is 0 Å². The third-order valence-electron chi connectivity index (χ3n) is 4.56. The van der Waals surface area contributed by atoms with Crippen LogP contribution in [0, 0.1) is 6.92 Å². The zero-order valence-corrected chi connectivity index (χ0v) is 14.1. The average molecular weight is 340 g/mol. The Kier molecular flexibility index (Phi) is 4.01. The first-order valence-electron chi connectivity index (χ1n) is 8.41. The summed E-state index contributed by atoms with van der Waals surface area (Å²) in [5, 5.41) is 7.07. The first kappa shape index (κ1) is 15.8. The van der Waals surface area contributed by atoms with E-state index in [0.29, 0.717) is 38.2 Å². The Balaban J connectivity index is 1.45. The van der Waals surface area contributed by atoms with Gasteiger partial charge in [0.1, 0.15) is 0 Å². The van der Waals surface area contributed by atoms with E-state index in [4.69, 9.17) is 4.74 Å². The molecule has 25 heavy (non-hydrogen) atoms. The first-order chi connectivity index (χ1) is 12.1. The smallest absolute Gasteiger partial charge is 0.254 e. The molecule has 0 spiro atoms. The van der Waals surface area contributed by atoms with Gasteiger partial charge in [0.05, 0.1) is 31.9 Å². The molecule has 0 radical (unpaired) electrons. The maximum atomic E-state index is 12.8. The lowest BCUT2D eigenvalue weighted by Gasteiger charge is -2.33. The molecule has 1 saturated heterocycles. The molecule has 0 saturated carbocycles. The van der Waals surface area contributed by atoms with E-state index in [1.165, 1.54) is 0 Å². The van der Waals surface area contributed by atoms with Crippen LogP contribution >= 0.6 is 0 Å². The first-order valence-corrected chi connectivity index (χ1v) is 8.41. The lowest BCUT2D eigenvalue weighted by Crippen LogP contribution is -2.47. The molecular weight excluding hydrogens is 320 g/mol. The van der Waals surface area contributed by atoms with Gasteiger partial charge in [-0.1, -0.05) is 6.07 Å². The second kappa shape index (κ2) is 6.33. The summed E-state index contributed by atoms with van der Waals surface area (Å²) in [7, 11) is 0. The molecular formula is C18H20N4O3. The Labute approximate surface area is 145 Å². The number of ether oxygens (including phenoxy) is 1. The predicted molar refractivity (Wildman–Crippen MR) is 91.4 cm³/mol. The summed E-state index contributed by atoms with van der Waals surface area (Å²) in [6, 6.07) is 5.41. The van der Waals surface area contributed by atoms with E-state index < -0.39 is 0 Å². The maximum absolute atomic E-state index is 12.8. The number of benzene rings is 1. The molecule has 0 bridgehead atoms. The molecule has 2 amide bonds. The average Bonchev–Trinajstić information content (AvgIpc) is 3.18. The third-order valence-corrected chi connectivity index (χ3v) is 4.56. The minimum atomic E-state index is -0.0777. The third kappa shape index (κ3) is 3.28. The highest BCUT2D eigenvalue weighted by atomic mass is 16.5. The number of nitrogens with zero attached hydrogens (tertiary/aromatic N) is 3. The number of aryl methyl sites for hydroxylation is 1. The Bertz CT molecular complexity index is 829. The van der Waals surface area contributed by atoms with Crippen LogP contribution in [0.4, 0.5) is 5.69 Å². The Morgan fingerprint density at radius 2 is 2.32 bits per heavy atom. The molecule has 7 heteroatoms. The fourth-order valence-electron chi connectivity index (χ4n) is 3.32. The van der Waals surface area contributed by atoms with E-state index in [-0.39, 0.29) is 17.9 Å². The van der Waals surface area contributed by atoms with Crippen LogP contribution in [0.1, 0.15) is 21.5 Å². The molecule has 1 fully saturated rings. The van der Waals surface area contributed by atoms with Crippen molar-refractivity contribution < 1.29 is 14.3 Å². The van der Waals surface area contributed by atoms with Crippen molar-refractivity contribution in [1.29, 1.82) is 0 Å². The van der Waals surface area contributed by atoms with Crippen LogP contribution in [0.3, 0.4) is 0 Å². The van der Waals surface area contributed by atoms with Crippen molar-refractivity contribution in [2.24, 2.45) is 0 Å². The molecule has 0 aliphatic carbocycles. The number of hydrogen-bond acceptors (Lipinski definition) is 4. The number of amides is 2. The van der Waals surface area contributed by atoms with Gasteiger partial charge in [0.2, 0.25) is 5.91 Å². The quantitative estimate of drug-likeness (QED) is 0.912. The molecule has 1 atom stereocenters. The molecule has 1 unspecified atom stereocenters. The van der Waals surface area contributed by atoms with E-state index in [2.05, 4.69) is 10.4 Å². The van der Waals surface area contributed by atoms with E-state index in [0.717, 1.165) is 16.8 Å². The predicted octanol–water partition coefficient (Wildman–Crippen LogP) is 1.23. The second-order valence-electron chi connectivity index (χ2n) is 6.58. The molecule has 2 aliphatic rings. The van der Waals surface area contributed by atoms with Crippen LogP contribution in [0.5, 0.6) is 0 Å². The van der Waals surface area contributed by atoms with Crippen molar-refractivity contribution in [2.75, 3.05) is 25.0 Å². The Morgan fingerprint density at radius 3 is 3.12 bits per heavy atom. The fourth-order valence-corrected chi connectivity index (χ4v) is 3.32. The molecule has 2 aromatic rings. The van der Waals surface area contributed by atoms with Crippen molar-refractivity contribution in [3.05, 3.63) is 47.3 Å². The van der Waals surface area contributed by atoms with Crippen LogP contribution < -0.4 is 5.32 Å². The van der Waals surface area contributed by atoms with Gasteiger partial charge in [0.15, 0.2) is 0 Å². The van der Waals surface area contributed by atoms with Gasteiger partial charge >= 0.3 is 0 Å². The number of aromatic nitrogens is 2. The zero-order chi connectivity index (χ0) is 17.4. The van der Waals surface area contributed by atoms with Gasteiger partial charge in [-0.2, -0.15) is 5.10 Å². The molecule has 130 valence electrons. The number of nitrogens with one attached hydrogen (secondary N) is 1. The fraction of sp³-hybridized carbons (Fsp3) is 0.389. The van der Waals surface area contributed by atoms with E-state index in [1.807, 2.05) is 35.0 Å². The van der Waals surface area contributed by atoms with Gasteiger partial charge in [-0.15, -0.1) is 0 Å². The van der Waals surface area contributed by atoms with Crippen molar-refractivity contribution >= 4 is 17.5 Å². The minimum absolute atomic E-state index is 0.0273. The van der Waals surface area contributed by atoms with Crippen LogP contribution in [0.25, 0.3) is 0 Å². The number of carbonyl (C=O) groups is 2. The maximum Gasteiger partial charge on any atom is 0.254 e. The normalized spacial score (nSPS) is 19.6. The van der Waals surface area contributed by atoms with Gasteiger partial charge in [0.25, 0.3) is 5.91 Å². The minimum Gasteiger partial charge on any atom is -0.373 e. The van der Waals surface area contributed by atoms with Gasteiger partial charge in [-0.05, 0) is 30.2 Å². The highest BCUT2D eigenvalue weighted by Crippen LogP contribution is 2.25. The van der Waals surface area contributed by atoms with E-state index in [9.17, 15) is 9.59 Å². The van der Waals surface area contributed by atoms with Gasteiger partial charge in [0, 0.05) is 30.5 Å². The molecule has 3 heterocycles. The lowest BCUT2D eigenvalue weighted by atomic mass is 10.1. The standard InChI is InChI=1S/C18H20N4O3/c1-12-8-19-22(9-12)11-15-10-21(4-5-25-15)18(24)14-3-2-13-7-17(23)20-16(13)6-14/h2-3,6,8-9,15H,4-5,7,10-11H2,1H3,(H,20,23). The van der Waals surface area contributed by atoms with Crippen LogP contribution in [0.15, 0.2) is 30.6 Å². The number of hydrogen-bond donors (Lipinski definition) is 1. The molecule has 1 aromatic carbocycles. The molecule has 4 rings (SSSR count). The topological polar surface area (TPSA) is 76.5 Å². The van der Waals surface area contributed by atoms with E-state index in [1.54, 1.807) is 12.1 Å². The van der Waals surface area contributed by atoms with Crippen molar-refractivity contribution in [2.45, 2.75) is 26.0 Å². The van der Waals surface area contributed by atoms with Crippen molar-refractivity contribution in [3.8, 4) is 0 Å². The lowest BCUT2D eigenvalue weighted by molar-refractivity contribution is -0.115. The number of anilines is 1. The SMILES string of the molecule is Cc1cnn(CC2CN(C(=O)c3ccc4c(c3)NC(=O)C4)CCO2)c1. The number of morpholine rings is 1. The van der Waals surface area contributed by atoms with Crippen LogP contribution in [-0.4, -0.2) is 52.3 Å². The number of carbonyl (C=O) groups excluding carboxylic acids is 2. The molecule has 2 aliphatic heterocycles. The highest BCUT2D eigenvalue weighted by molar-refractivity contribution is 6.02.